The molecule has 1 aliphatic rings. The Morgan fingerprint density at radius 2 is 1.36 bits per heavy atom. The number of aryl methyl sites for hydroxylation is 1. The number of nitrogens with one attached hydrogen (secondary N) is 3. The van der Waals surface area contributed by atoms with Crippen LogP contribution in [0.4, 0.5) is 9.59 Å². The molecule has 3 N–H and O–H groups in total. The molecule has 5 aromatic rings. The standard InChI is InChI=1S/C48H48ClN3O7/c1-3-31-57-46(55)51-29-14-13-23-43(52-47(56)58-32-40-38-19-9-7-17-36(38)37-18-8-10-20-39(37)40)45(54)50-30-28-44(53)59-48(34-15-5-4-6-16-34,35-26-24-33(2)25-27-35)41-21-11-12-22-42(41)49/h3-12,15-22,24-27,40,43H,1,13-14,23,28-32H2,2H3,(H,50,54)(H,51,55)(H,52,56)/t43-,48?/m0/s1. The zero-order valence-corrected chi connectivity index (χ0v) is 33.7. The number of rotatable bonds is 18. The summed E-state index contributed by atoms with van der Waals surface area (Å²) >= 11 is 6.82. The molecule has 1 unspecified atom stereocenters. The number of carbonyl (C=O) groups excluding carboxylic acids is 4. The number of ether oxygens (including phenoxy) is 3. The van der Waals surface area contributed by atoms with Crippen LogP contribution in [0.25, 0.3) is 11.1 Å². The van der Waals surface area contributed by atoms with Crippen molar-refractivity contribution < 1.29 is 33.4 Å². The molecule has 5 aromatic carbocycles. The van der Waals surface area contributed by atoms with Gasteiger partial charge in [-0.15, -0.1) is 0 Å². The van der Waals surface area contributed by atoms with Crippen LogP contribution in [0.2, 0.25) is 5.02 Å². The molecule has 11 heteroatoms. The molecule has 59 heavy (non-hydrogen) atoms. The minimum atomic E-state index is -1.39. The predicted octanol–water partition coefficient (Wildman–Crippen LogP) is 8.98. The van der Waals surface area contributed by atoms with Gasteiger partial charge in [-0.2, -0.15) is 0 Å². The first-order valence-electron chi connectivity index (χ1n) is 19.7. The van der Waals surface area contributed by atoms with E-state index < -0.39 is 35.7 Å². The Kier molecular flexibility index (Phi) is 14.6. The highest BCUT2D eigenvalue weighted by molar-refractivity contribution is 6.31. The summed E-state index contributed by atoms with van der Waals surface area (Å²) in [6.45, 7) is 5.90. The molecule has 304 valence electrons. The van der Waals surface area contributed by atoms with E-state index in [4.69, 9.17) is 25.8 Å². The van der Waals surface area contributed by atoms with Crippen LogP contribution < -0.4 is 16.0 Å². The fraction of sp³-hybridized carbons (Fsp3) is 0.250. The maximum atomic E-state index is 13.9. The Morgan fingerprint density at radius 1 is 0.729 bits per heavy atom. The number of hydrogen-bond acceptors (Lipinski definition) is 7. The third kappa shape index (κ3) is 10.4. The molecule has 0 saturated heterocycles. The maximum Gasteiger partial charge on any atom is 0.407 e. The fourth-order valence-electron chi connectivity index (χ4n) is 7.39. The van der Waals surface area contributed by atoms with Crippen molar-refractivity contribution in [1.82, 2.24) is 16.0 Å². The van der Waals surface area contributed by atoms with Gasteiger partial charge in [0.25, 0.3) is 0 Å². The van der Waals surface area contributed by atoms with Gasteiger partial charge >= 0.3 is 18.2 Å². The zero-order chi connectivity index (χ0) is 41.6. The van der Waals surface area contributed by atoms with Crippen LogP contribution in [0.15, 0.2) is 140 Å². The lowest BCUT2D eigenvalue weighted by atomic mass is 9.79. The molecule has 3 amide bonds. The molecule has 1 aliphatic carbocycles. The van der Waals surface area contributed by atoms with Crippen LogP contribution in [-0.4, -0.2) is 56.4 Å². The van der Waals surface area contributed by atoms with Gasteiger partial charge in [-0.1, -0.05) is 151 Å². The molecule has 0 spiro atoms. The molecule has 0 radical (unpaired) electrons. The number of hydrogen-bond donors (Lipinski definition) is 3. The number of halogens is 1. The highest BCUT2D eigenvalue weighted by Crippen LogP contribution is 2.45. The van der Waals surface area contributed by atoms with Crippen LogP contribution in [-0.2, 0) is 29.4 Å². The number of carbonyl (C=O) groups is 4. The highest BCUT2D eigenvalue weighted by Gasteiger charge is 2.42. The number of alkyl carbamates (subject to hydrolysis) is 2. The molecule has 0 aromatic heterocycles. The summed E-state index contributed by atoms with van der Waals surface area (Å²) in [5.41, 5.74) is 5.96. The second kappa shape index (κ2) is 20.3. The Balaban J connectivity index is 1.13. The molecule has 0 aliphatic heterocycles. The molecular weight excluding hydrogens is 766 g/mol. The van der Waals surface area contributed by atoms with Gasteiger partial charge in [-0.25, -0.2) is 9.59 Å². The van der Waals surface area contributed by atoms with Crippen LogP contribution in [0, 0.1) is 6.92 Å². The van der Waals surface area contributed by atoms with E-state index in [0.717, 1.165) is 27.8 Å². The van der Waals surface area contributed by atoms with Crippen molar-refractivity contribution >= 4 is 35.7 Å². The van der Waals surface area contributed by atoms with Gasteiger partial charge in [0.05, 0.1) is 6.42 Å². The molecule has 0 saturated carbocycles. The summed E-state index contributed by atoms with van der Waals surface area (Å²) in [5.74, 6) is -1.24. The van der Waals surface area contributed by atoms with Crippen molar-refractivity contribution in [2.45, 2.75) is 50.2 Å². The number of benzene rings is 5. The Bertz CT molecular complexity index is 2200. The maximum absolute atomic E-state index is 13.9. The summed E-state index contributed by atoms with van der Waals surface area (Å²) in [4.78, 5) is 52.8. The minimum Gasteiger partial charge on any atom is -0.449 e. The summed E-state index contributed by atoms with van der Waals surface area (Å²) < 4.78 is 17.2. The van der Waals surface area contributed by atoms with Crippen LogP contribution in [0.5, 0.6) is 0 Å². The minimum absolute atomic E-state index is 0.0709. The van der Waals surface area contributed by atoms with E-state index in [2.05, 4.69) is 34.7 Å². The van der Waals surface area contributed by atoms with Crippen LogP contribution in [0.3, 0.4) is 0 Å². The zero-order valence-electron chi connectivity index (χ0n) is 33.0. The van der Waals surface area contributed by atoms with Crippen molar-refractivity contribution in [3.63, 3.8) is 0 Å². The third-order valence-corrected chi connectivity index (χ3v) is 10.6. The molecule has 10 nitrogen and oxygen atoms in total. The summed E-state index contributed by atoms with van der Waals surface area (Å²) in [7, 11) is 0. The van der Waals surface area contributed by atoms with Gasteiger partial charge in [0.15, 0.2) is 5.60 Å². The van der Waals surface area contributed by atoms with Crippen molar-refractivity contribution in [1.29, 1.82) is 0 Å². The first-order chi connectivity index (χ1) is 28.7. The van der Waals surface area contributed by atoms with Gasteiger partial charge in [0.1, 0.15) is 19.3 Å². The Morgan fingerprint density at radius 3 is 2.03 bits per heavy atom. The molecule has 0 bridgehead atoms. The Labute approximate surface area is 349 Å². The molecule has 0 fully saturated rings. The van der Waals surface area contributed by atoms with Gasteiger partial charge < -0.3 is 30.2 Å². The van der Waals surface area contributed by atoms with Crippen LogP contribution >= 0.6 is 11.6 Å². The summed E-state index contributed by atoms with van der Waals surface area (Å²) in [6.07, 6.45) is 1.19. The van der Waals surface area contributed by atoms with E-state index in [1.165, 1.54) is 6.08 Å². The fourth-order valence-corrected chi connectivity index (χ4v) is 7.66. The average Bonchev–Trinajstić information content (AvgIpc) is 3.57. The van der Waals surface area contributed by atoms with E-state index in [1.54, 1.807) is 6.07 Å². The monoisotopic (exact) mass is 813 g/mol. The van der Waals surface area contributed by atoms with Gasteiger partial charge in [0, 0.05) is 40.7 Å². The van der Waals surface area contributed by atoms with Crippen molar-refractivity contribution in [3.05, 3.63) is 178 Å². The van der Waals surface area contributed by atoms with Gasteiger partial charge in [-0.05, 0) is 54.5 Å². The quantitative estimate of drug-likeness (QED) is 0.0265. The topological polar surface area (TPSA) is 132 Å². The number of esters is 1. The first-order valence-corrected chi connectivity index (χ1v) is 20.1. The second-order valence-corrected chi connectivity index (χ2v) is 14.6. The summed E-state index contributed by atoms with van der Waals surface area (Å²) in [6, 6.07) is 39.5. The predicted molar refractivity (Wildman–Crippen MR) is 228 cm³/mol. The van der Waals surface area contributed by atoms with Crippen molar-refractivity contribution in [2.24, 2.45) is 0 Å². The van der Waals surface area contributed by atoms with Gasteiger partial charge in [-0.3, -0.25) is 9.59 Å². The number of unbranched alkanes of at least 4 members (excludes halogenated alkanes) is 1. The third-order valence-electron chi connectivity index (χ3n) is 10.3. The Hall–Kier alpha value is -6.39. The van der Waals surface area contributed by atoms with Crippen LogP contribution in [0.1, 0.15) is 65.0 Å². The highest BCUT2D eigenvalue weighted by atomic mass is 35.5. The molecule has 6 rings (SSSR count). The normalized spacial score (nSPS) is 13.1. The van der Waals surface area contributed by atoms with E-state index in [0.29, 0.717) is 41.1 Å². The SMILES string of the molecule is C=CCOC(=O)NCCCC[C@H](NC(=O)OCC1c2ccccc2-c2ccccc21)C(=O)NCCC(=O)OC(c1ccccc1)(c1ccc(C)cc1)c1ccccc1Cl. The van der Waals surface area contributed by atoms with E-state index in [9.17, 15) is 19.2 Å². The number of fused-ring (bicyclic) bond motifs is 3. The first kappa shape index (κ1) is 42.2. The van der Waals surface area contributed by atoms with Gasteiger partial charge in [0.2, 0.25) is 5.91 Å². The van der Waals surface area contributed by atoms with E-state index in [1.807, 2.05) is 116 Å². The molecule has 0 heterocycles. The van der Waals surface area contributed by atoms with Crippen molar-refractivity contribution in [3.8, 4) is 11.1 Å². The van der Waals surface area contributed by atoms with Crippen molar-refractivity contribution in [2.75, 3.05) is 26.3 Å². The average molecular weight is 814 g/mol. The second-order valence-electron chi connectivity index (χ2n) is 14.2. The molecule has 2 atom stereocenters. The lowest BCUT2D eigenvalue weighted by Gasteiger charge is -2.36. The summed E-state index contributed by atoms with van der Waals surface area (Å²) in [5, 5.41) is 8.63. The lowest BCUT2D eigenvalue weighted by Crippen LogP contribution is -2.47. The molecular formula is C48H48ClN3O7. The smallest absolute Gasteiger partial charge is 0.407 e. The van der Waals surface area contributed by atoms with E-state index in [-0.39, 0.29) is 38.5 Å². The number of amides is 3. The largest absolute Gasteiger partial charge is 0.449 e. The lowest BCUT2D eigenvalue weighted by molar-refractivity contribution is -0.153. The van der Waals surface area contributed by atoms with E-state index >= 15 is 0 Å².